The van der Waals surface area contributed by atoms with E-state index in [4.69, 9.17) is 21.1 Å². The Bertz CT molecular complexity index is 908. The van der Waals surface area contributed by atoms with Gasteiger partial charge in [-0.25, -0.2) is 0 Å². The predicted molar refractivity (Wildman–Crippen MR) is 99.8 cm³/mol. The van der Waals surface area contributed by atoms with E-state index >= 15 is 0 Å². The molecule has 12 heteroatoms. The van der Waals surface area contributed by atoms with Gasteiger partial charge in [0.05, 0.1) is 30.3 Å². The number of carbonyl (C=O) groups is 1. The number of hydrogen-bond acceptors (Lipinski definition) is 6. The number of alkyl halides is 3. The van der Waals surface area contributed by atoms with Gasteiger partial charge in [-0.3, -0.25) is 14.9 Å². The molecule has 0 atom stereocenters. The summed E-state index contributed by atoms with van der Waals surface area (Å²) in [7, 11) is 1.34. The normalized spacial score (nSPS) is 10.9. The minimum Gasteiger partial charge on any atom is -0.496 e. The van der Waals surface area contributed by atoms with E-state index in [9.17, 15) is 28.1 Å². The summed E-state index contributed by atoms with van der Waals surface area (Å²) in [6, 6.07) is 7.71. The zero-order chi connectivity index (χ0) is 21.6. The first kappa shape index (κ1) is 22.1. The fraction of sp³-hybridized carbons (Fsp3) is 0.235. The van der Waals surface area contributed by atoms with Crippen molar-refractivity contribution in [3.63, 3.8) is 0 Å². The summed E-state index contributed by atoms with van der Waals surface area (Å²) in [4.78, 5) is 22.6. The minimum atomic E-state index is -4.54. The number of benzene rings is 2. The fourth-order valence-corrected chi connectivity index (χ4v) is 2.36. The summed E-state index contributed by atoms with van der Waals surface area (Å²) in [5.41, 5.74) is -0.391. The van der Waals surface area contributed by atoms with Crippen molar-refractivity contribution in [1.82, 2.24) is 0 Å². The Balaban J connectivity index is 2.08. The van der Waals surface area contributed by atoms with Gasteiger partial charge in [-0.15, -0.1) is 0 Å². The van der Waals surface area contributed by atoms with Crippen molar-refractivity contribution in [1.29, 1.82) is 0 Å². The molecule has 2 aromatic rings. The maximum absolute atomic E-state index is 12.4. The number of ether oxygens (including phenoxy) is 2. The molecule has 0 unspecified atom stereocenters. The van der Waals surface area contributed by atoms with Crippen LogP contribution in [0.4, 0.5) is 30.2 Å². The van der Waals surface area contributed by atoms with E-state index in [-0.39, 0.29) is 33.6 Å². The van der Waals surface area contributed by atoms with Gasteiger partial charge in [0.2, 0.25) is 5.91 Å². The number of anilines is 2. The molecule has 29 heavy (non-hydrogen) atoms. The van der Waals surface area contributed by atoms with Gasteiger partial charge >= 0.3 is 6.18 Å². The molecule has 156 valence electrons. The Morgan fingerprint density at radius 1 is 1.21 bits per heavy atom. The second-order valence-electron chi connectivity index (χ2n) is 5.59. The van der Waals surface area contributed by atoms with Crippen LogP contribution in [0.25, 0.3) is 0 Å². The summed E-state index contributed by atoms with van der Waals surface area (Å²) in [5, 5.41) is 16.3. The molecule has 2 rings (SSSR count). The molecule has 0 aromatic heterocycles. The Hall–Kier alpha value is -3.21. The zero-order valence-electron chi connectivity index (χ0n) is 14.9. The first-order valence-corrected chi connectivity index (χ1v) is 8.32. The summed E-state index contributed by atoms with van der Waals surface area (Å²) >= 11 is 5.83. The van der Waals surface area contributed by atoms with Gasteiger partial charge in [-0.2, -0.15) is 13.2 Å². The first-order chi connectivity index (χ1) is 13.6. The van der Waals surface area contributed by atoms with E-state index in [1.807, 2.05) is 0 Å². The molecule has 8 nitrogen and oxygen atoms in total. The van der Waals surface area contributed by atoms with Gasteiger partial charge < -0.3 is 20.1 Å². The molecule has 1 amide bonds. The van der Waals surface area contributed by atoms with Crippen molar-refractivity contribution in [2.75, 3.05) is 30.9 Å². The van der Waals surface area contributed by atoms with E-state index < -0.39 is 30.2 Å². The van der Waals surface area contributed by atoms with E-state index in [0.717, 1.165) is 6.07 Å². The van der Waals surface area contributed by atoms with Crippen molar-refractivity contribution in [3.05, 3.63) is 51.5 Å². The number of nitrogens with one attached hydrogen (secondary N) is 2. The third-order valence-electron chi connectivity index (χ3n) is 3.45. The molecule has 0 spiro atoms. The lowest BCUT2D eigenvalue weighted by Crippen LogP contribution is -2.23. The molecule has 2 aromatic carbocycles. The lowest BCUT2D eigenvalue weighted by atomic mass is 10.2. The van der Waals surface area contributed by atoms with Crippen molar-refractivity contribution in [2.45, 2.75) is 6.18 Å². The van der Waals surface area contributed by atoms with Crippen molar-refractivity contribution < 1.29 is 32.4 Å². The number of methoxy groups -OCH3 is 1. The van der Waals surface area contributed by atoms with Gasteiger partial charge in [0.1, 0.15) is 17.2 Å². The van der Waals surface area contributed by atoms with Crippen LogP contribution < -0.4 is 20.1 Å². The average Bonchev–Trinajstić information content (AvgIpc) is 2.65. The molecule has 0 bridgehead atoms. The maximum Gasteiger partial charge on any atom is 0.422 e. The van der Waals surface area contributed by atoms with Gasteiger partial charge in [0, 0.05) is 5.02 Å². The van der Waals surface area contributed by atoms with E-state index in [0.29, 0.717) is 0 Å². The highest BCUT2D eigenvalue weighted by Gasteiger charge is 2.29. The summed E-state index contributed by atoms with van der Waals surface area (Å²) < 4.78 is 46.7. The summed E-state index contributed by atoms with van der Waals surface area (Å²) in [6.45, 7) is -1.93. The maximum atomic E-state index is 12.4. The van der Waals surface area contributed by atoms with Gasteiger partial charge in [-0.1, -0.05) is 11.6 Å². The van der Waals surface area contributed by atoms with Crippen LogP contribution >= 0.6 is 11.6 Å². The Morgan fingerprint density at radius 2 is 1.93 bits per heavy atom. The fourth-order valence-electron chi connectivity index (χ4n) is 2.19. The van der Waals surface area contributed by atoms with Crippen LogP contribution in [0.5, 0.6) is 11.5 Å². The number of rotatable bonds is 8. The number of hydrogen-bond donors (Lipinski definition) is 2. The molecule has 0 aliphatic heterocycles. The standard InChI is InChI=1S/C17H15ClF3N3O5/c1-28-11-3-4-12(14(7-11)24(26)27)23-16(25)8-22-13-6-10(18)2-5-15(13)29-9-17(19,20)21/h2-7,22H,8-9H2,1H3,(H,23,25). The van der Waals surface area contributed by atoms with Gasteiger partial charge in [0.15, 0.2) is 6.61 Å². The molecule has 0 aliphatic rings. The molecule has 0 saturated heterocycles. The minimum absolute atomic E-state index is 0.0566. The van der Waals surface area contributed by atoms with Gasteiger partial charge in [-0.05, 0) is 30.3 Å². The van der Waals surface area contributed by atoms with Crippen LogP contribution in [0.1, 0.15) is 0 Å². The van der Waals surface area contributed by atoms with E-state index in [2.05, 4.69) is 10.6 Å². The number of carbonyl (C=O) groups excluding carboxylic acids is 1. The van der Waals surface area contributed by atoms with Crippen LogP contribution in [0.15, 0.2) is 36.4 Å². The molecular weight excluding hydrogens is 419 g/mol. The largest absolute Gasteiger partial charge is 0.496 e. The molecule has 0 saturated carbocycles. The smallest absolute Gasteiger partial charge is 0.422 e. The average molecular weight is 434 g/mol. The first-order valence-electron chi connectivity index (χ1n) is 7.94. The van der Waals surface area contributed by atoms with Crippen molar-refractivity contribution in [2.24, 2.45) is 0 Å². The molecule has 0 aliphatic carbocycles. The lowest BCUT2D eigenvalue weighted by molar-refractivity contribution is -0.384. The highest BCUT2D eigenvalue weighted by atomic mass is 35.5. The molecule has 0 fully saturated rings. The number of nitro groups is 1. The van der Waals surface area contributed by atoms with E-state index in [1.54, 1.807) is 0 Å². The second-order valence-corrected chi connectivity index (χ2v) is 6.02. The molecule has 2 N–H and O–H groups in total. The quantitative estimate of drug-likeness (QED) is 0.476. The zero-order valence-corrected chi connectivity index (χ0v) is 15.6. The molecule has 0 heterocycles. The predicted octanol–water partition coefficient (Wildman–Crippen LogP) is 4.25. The SMILES string of the molecule is COc1ccc(NC(=O)CNc2cc(Cl)ccc2OCC(F)(F)F)c([N+](=O)[O-])c1. The lowest BCUT2D eigenvalue weighted by Gasteiger charge is -2.15. The second kappa shape index (κ2) is 9.32. The monoisotopic (exact) mass is 433 g/mol. The molecule has 0 radical (unpaired) electrons. The van der Waals surface area contributed by atoms with Crippen LogP contribution in [-0.2, 0) is 4.79 Å². The van der Waals surface area contributed by atoms with Crippen LogP contribution in [0, 0.1) is 10.1 Å². The Morgan fingerprint density at radius 3 is 2.55 bits per heavy atom. The third-order valence-corrected chi connectivity index (χ3v) is 3.68. The summed E-state index contributed by atoms with van der Waals surface area (Å²) in [5.74, 6) is -0.604. The van der Waals surface area contributed by atoms with Crippen molar-refractivity contribution in [3.8, 4) is 11.5 Å². The number of halogens is 4. The highest BCUT2D eigenvalue weighted by Crippen LogP contribution is 2.31. The number of amides is 1. The van der Waals surface area contributed by atoms with Crippen LogP contribution in [-0.4, -0.2) is 37.3 Å². The van der Waals surface area contributed by atoms with Crippen LogP contribution in [0.2, 0.25) is 5.02 Å². The molecular formula is C17H15ClF3N3O5. The highest BCUT2D eigenvalue weighted by molar-refractivity contribution is 6.31. The number of nitrogens with zero attached hydrogens (tertiary/aromatic N) is 1. The topological polar surface area (TPSA) is 103 Å². The van der Waals surface area contributed by atoms with Crippen molar-refractivity contribution >= 4 is 34.6 Å². The Labute approximate surface area is 167 Å². The summed E-state index contributed by atoms with van der Waals surface area (Å²) in [6.07, 6.45) is -4.54. The number of nitro benzene ring substituents is 1. The van der Waals surface area contributed by atoms with E-state index in [1.165, 1.54) is 37.4 Å². The third kappa shape index (κ3) is 6.71. The Kier molecular flexibility index (Phi) is 7.10. The van der Waals surface area contributed by atoms with Gasteiger partial charge in [0.25, 0.3) is 5.69 Å². The van der Waals surface area contributed by atoms with Crippen LogP contribution in [0.3, 0.4) is 0 Å².